The first-order chi connectivity index (χ1) is 8.89. The number of rotatable bonds is 2. The summed E-state index contributed by atoms with van der Waals surface area (Å²) in [7, 11) is 0. The van der Waals surface area contributed by atoms with Gasteiger partial charge in [0.1, 0.15) is 0 Å². The van der Waals surface area contributed by atoms with E-state index in [9.17, 15) is 18.0 Å². The number of hydrogen-bond acceptors (Lipinski definition) is 1. The van der Waals surface area contributed by atoms with Crippen LogP contribution in [0.2, 0.25) is 0 Å². The fraction of sp³-hybridized carbons (Fsp3) is 0.500. The molecule has 5 heteroatoms. The molecule has 19 heavy (non-hydrogen) atoms. The summed E-state index contributed by atoms with van der Waals surface area (Å²) in [6.45, 7) is 0. The second-order valence-corrected chi connectivity index (χ2v) is 5.04. The molecule has 0 saturated heterocycles. The molecule has 1 saturated carbocycles. The van der Waals surface area contributed by atoms with E-state index in [0.717, 1.165) is 0 Å². The molecule has 1 aliphatic carbocycles. The van der Waals surface area contributed by atoms with Crippen molar-refractivity contribution in [1.82, 2.24) is 0 Å². The summed E-state index contributed by atoms with van der Waals surface area (Å²) in [6, 6.07) is 8.12. The Balaban J connectivity index is 2.56. The van der Waals surface area contributed by atoms with Crippen LogP contribution in [0, 0.1) is 5.92 Å². The maximum atomic E-state index is 13.3. The number of nitrogens with two attached hydrogens (primary N) is 1. The van der Waals surface area contributed by atoms with Crippen LogP contribution in [0.1, 0.15) is 31.2 Å². The second kappa shape index (κ2) is 4.87. The zero-order valence-corrected chi connectivity index (χ0v) is 10.4. The molecule has 2 unspecified atom stereocenters. The normalized spacial score (nSPS) is 28.1. The molecule has 2 nitrogen and oxygen atoms in total. The van der Waals surface area contributed by atoms with Crippen molar-refractivity contribution < 1.29 is 18.0 Å². The second-order valence-electron chi connectivity index (χ2n) is 5.04. The van der Waals surface area contributed by atoms with Gasteiger partial charge in [-0.05, 0) is 18.4 Å². The van der Waals surface area contributed by atoms with Gasteiger partial charge in [0.25, 0.3) is 0 Å². The largest absolute Gasteiger partial charge is 0.393 e. The highest BCUT2D eigenvalue weighted by molar-refractivity contribution is 5.87. The quantitative estimate of drug-likeness (QED) is 0.882. The van der Waals surface area contributed by atoms with E-state index >= 15 is 0 Å². The van der Waals surface area contributed by atoms with E-state index in [0.29, 0.717) is 18.4 Å². The number of primary amides is 1. The number of amides is 1. The van der Waals surface area contributed by atoms with Gasteiger partial charge in [0.15, 0.2) is 0 Å². The van der Waals surface area contributed by atoms with E-state index < -0.39 is 23.4 Å². The zero-order chi connectivity index (χ0) is 14.1. The summed E-state index contributed by atoms with van der Waals surface area (Å²) >= 11 is 0. The van der Waals surface area contributed by atoms with Gasteiger partial charge in [-0.1, -0.05) is 43.2 Å². The number of carbonyl (C=O) groups excluding carboxylic acids is 1. The van der Waals surface area contributed by atoms with Crippen molar-refractivity contribution in [3.63, 3.8) is 0 Å². The summed E-state index contributed by atoms with van der Waals surface area (Å²) in [5.41, 5.74) is 4.15. The van der Waals surface area contributed by atoms with Gasteiger partial charge in [0, 0.05) is 0 Å². The average Bonchev–Trinajstić information content (AvgIpc) is 2.38. The molecule has 0 aromatic heterocycles. The highest BCUT2D eigenvalue weighted by Gasteiger charge is 2.58. The van der Waals surface area contributed by atoms with Crippen LogP contribution in [0.4, 0.5) is 13.2 Å². The van der Waals surface area contributed by atoms with Gasteiger partial charge in [-0.25, -0.2) is 0 Å². The van der Waals surface area contributed by atoms with Crippen molar-refractivity contribution in [2.45, 2.75) is 37.3 Å². The molecule has 104 valence electrons. The topological polar surface area (TPSA) is 43.1 Å². The van der Waals surface area contributed by atoms with E-state index in [4.69, 9.17) is 5.73 Å². The lowest BCUT2D eigenvalue weighted by atomic mass is 9.61. The molecule has 1 fully saturated rings. The average molecular weight is 271 g/mol. The van der Waals surface area contributed by atoms with Gasteiger partial charge in [-0.15, -0.1) is 0 Å². The van der Waals surface area contributed by atoms with Gasteiger partial charge in [-0.2, -0.15) is 13.2 Å². The molecular formula is C14H16F3NO. The van der Waals surface area contributed by atoms with Crippen LogP contribution in [0.3, 0.4) is 0 Å². The Morgan fingerprint density at radius 3 is 2.37 bits per heavy atom. The van der Waals surface area contributed by atoms with Crippen LogP contribution in [-0.4, -0.2) is 12.1 Å². The molecule has 0 radical (unpaired) electrons. The van der Waals surface area contributed by atoms with E-state index in [1.807, 2.05) is 0 Å². The molecule has 2 N–H and O–H groups in total. The molecule has 0 aliphatic heterocycles. The Morgan fingerprint density at radius 2 is 1.84 bits per heavy atom. The van der Waals surface area contributed by atoms with Crippen LogP contribution in [0.15, 0.2) is 30.3 Å². The predicted molar refractivity (Wildman–Crippen MR) is 65.3 cm³/mol. The number of halogens is 3. The molecule has 0 heterocycles. The summed E-state index contributed by atoms with van der Waals surface area (Å²) < 4.78 is 39.8. The Morgan fingerprint density at radius 1 is 1.21 bits per heavy atom. The maximum absolute atomic E-state index is 13.3. The van der Waals surface area contributed by atoms with Crippen LogP contribution >= 0.6 is 0 Å². The number of alkyl halides is 3. The minimum absolute atomic E-state index is 0.0403. The van der Waals surface area contributed by atoms with Crippen molar-refractivity contribution in [2.24, 2.45) is 11.7 Å². The van der Waals surface area contributed by atoms with Crippen molar-refractivity contribution in [3.8, 4) is 0 Å². The SMILES string of the molecule is NC(=O)C1(c2ccccc2)CCCCC1C(F)(F)F. The van der Waals surface area contributed by atoms with Gasteiger partial charge in [-0.3, -0.25) is 4.79 Å². The first-order valence-electron chi connectivity index (χ1n) is 6.31. The number of carbonyl (C=O) groups is 1. The summed E-state index contributed by atoms with van der Waals surface area (Å²) in [5, 5.41) is 0. The number of benzene rings is 1. The van der Waals surface area contributed by atoms with Crippen LogP contribution in [0.25, 0.3) is 0 Å². The van der Waals surface area contributed by atoms with Crippen LogP contribution < -0.4 is 5.73 Å². The molecule has 1 aromatic rings. The first kappa shape index (κ1) is 13.9. The maximum Gasteiger partial charge on any atom is 0.393 e. The molecule has 1 amide bonds. The van der Waals surface area contributed by atoms with E-state index in [2.05, 4.69) is 0 Å². The third-order valence-electron chi connectivity index (χ3n) is 4.03. The molecule has 2 atom stereocenters. The summed E-state index contributed by atoms with van der Waals surface area (Å²) in [5.74, 6) is -2.56. The monoisotopic (exact) mass is 271 g/mol. The molecule has 0 bridgehead atoms. The smallest absolute Gasteiger partial charge is 0.369 e. The van der Waals surface area contributed by atoms with E-state index in [1.165, 1.54) is 0 Å². The minimum atomic E-state index is -4.41. The lowest BCUT2D eigenvalue weighted by Crippen LogP contribution is -2.54. The lowest BCUT2D eigenvalue weighted by Gasteiger charge is -2.42. The molecule has 0 spiro atoms. The van der Waals surface area contributed by atoms with Crippen LogP contribution in [-0.2, 0) is 10.2 Å². The Labute approximate surface area is 109 Å². The Bertz CT molecular complexity index is 458. The number of hydrogen-bond donors (Lipinski definition) is 1. The fourth-order valence-electron chi connectivity index (χ4n) is 3.13. The fourth-order valence-corrected chi connectivity index (χ4v) is 3.13. The highest BCUT2D eigenvalue weighted by atomic mass is 19.4. The van der Waals surface area contributed by atoms with Crippen molar-refractivity contribution in [3.05, 3.63) is 35.9 Å². The molecule has 1 aliphatic rings. The summed E-state index contributed by atoms with van der Waals surface area (Å²) in [6.07, 6.45) is -3.22. The Kier molecular flexibility index (Phi) is 3.56. The summed E-state index contributed by atoms with van der Waals surface area (Å²) in [4.78, 5) is 11.9. The molecule has 1 aromatic carbocycles. The highest BCUT2D eigenvalue weighted by Crippen LogP contribution is 2.50. The molecule has 2 rings (SSSR count). The van der Waals surface area contributed by atoms with Gasteiger partial charge < -0.3 is 5.73 Å². The van der Waals surface area contributed by atoms with Crippen molar-refractivity contribution in [2.75, 3.05) is 0 Å². The van der Waals surface area contributed by atoms with Crippen LogP contribution in [0.5, 0.6) is 0 Å². The van der Waals surface area contributed by atoms with Crippen molar-refractivity contribution >= 4 is 5.91 Å². The van der Waals surface area contributed by atoms with E-state index in [1.54, 1.807) is 30.3 Å². The first-order valence-corrected chi connectivity index (χ1v) is 6.31. The lowest BCUT2D eigenvalue weighted by molar-refractivity contribution is -0.203. The third-order valence-corrected chi connectivity index (χ3v) is 4.03. The minimum Gasteiger partial charge on any atom is -0.369 e. The van der Waals surface area contributed by atoms with Gasteiger partial charge in [0.05, 0.1) is 11.3 Å². The van der Waals surface area contributed by atoms with Gasteiger partial charge >= 0.3 is 6.18 Å². The third kappa shape index (κ3) is 2.33. The van der Waals surface area contributed by atoms with Crippen molar-refractivity contribution in [1.29, 1.82) is 0 Å². The Hall–Kier alpha value is -1.52. The standard InChI is InChI=1S/C14H16F3NO/c15-14(16,17)11-8-4-5-9-13(11,12(18)19)10-6-2-1-3-7-10/h1-3,6-7,11H,4-5,8-9H2,(H2,18,19). The molecular weight excluding hydrogens is 255 g/mol. The predicted octanol–water partition coefficient (Wildman–Crippen LogP) is 3.16. The zero-order valence-electron chi connectivity index (χ0n) is 10.4. The van der Waals surface area contributed by atoms with Gasteiger partial charge in [0.2, 0.25) is 5.91 Å². The van der Waals surface area contributed by atoms with E-state index in [-0.39, 0.29) is 12.8 Å².